The summed E-state index contributed by atoms with van der Waals surface area (Å²) in [6.07, 6.45) is 4.13. The quantitative estimate of drug-likeness (QED) is 0.793. The predicted molar refractivity (Wildman–Crippen MR) is 66.7 cm³/mol. The maximum atomic E-state index is 5.83. The number of hydrogen-bond acceptors (Lipinski definition) is 3. The highest BCUT2D eigenvalue weighted by Gasteiger charge is 2.23. The molecule has 1 unspecified atom stereocenters. The Kier molecular flexibility index (Phi) is 2.39. The van der Waals surface area contributed by atoms with E-state index in [9.17, 15) is 0 Å². The average Bonchev–Trinajstić information content (AvgIpc) is 2.81. The Morgan fingerprint density at radius 3 is 3.12 bits per heavy atom. The van der Waals surface area contributed by atoms with Crippen molar-refractivity contribution >= 4 is 10.9 Å². The smallest absolute Gasteiger partial charge is 0.141 e. The van der Waals surface area contributed by atoms with Crippen molar-refractivity contribution in [3.05, 3.63) is 30.0 Å². The van der Waals surface area contributed by atoms with Crippen LogP contribution in [0.25, 0.3) is 10.9 Å². The first-order chi connectivity index (χ1) is 8.31. The minimum atomic E-state index is 0.295. The number of nitrogens with zero attached hydrogens (tertiary/aromatic N) is 1. The number of hydrogen-bond donors (Lipinski definition) is 0. The molecule has 1 aliphatic rings. The highest BCUT2D eigenvalue weighted by molar-refractivity contribution is 5.86. The van der Waals surface area contributed by atoms with E-state index in [-0.39, 0.29) is 0 Å². The van der Waals surface area contributed by atoms with Gasteiger partial charge in [0.15, 0.2) is 0 Å². The Morgan fingerprint density at radius 2 is 2.35 bits per heavy atom. The molecule has 0 bridgehead atoms. The summed E-state index contributed by atoms with van der Waals surface area (Å²) in [5, 5.41) is 1.15. The van der Waals surface area contributed by atoms with E-state index in [0.717, 1.165) is 35.2 Å². The zero-order chi connectivity index (χ0) is 11.8. The molecular formula is C14H15NO2. The standard InChI is InChI=1S/C14H15NO2/c1-3-9-6-12-11-7-10(16-2)4-5-13(11)15-8-14(12)17-9/h4-5,7-9H,3,6H2,1-2H3. The van der Waals surface area contributed by atoms with Gasteiger partial charge in [-0.2, -0.15) is 0 Å². The van der Waals surface area contributed by atoms with Crippen LogP contribution in [0.3, 0.4) is 0 Å². The first-order valence-electron chi connectivity index (χ1n) is 5.94. The van der Waals surface area contributed by atoms with Gasteiger partial charge >= 0.3 is 0 Å². The maximum absolute atomic E-state index is 5.83. The second-order valence-corrected chi connectivity index (χ2v) is 4.34. The zero-order valence-corrected chi connectivity index (χ0v) is 10.1. The molecule has 1 aromatic carbocycles. The van der Waals surface area contributed by atoms with E-state index >= 15 is 0 Å². The van der Waals surface area contributed by atoms with Gasteiger partial charge in [0.2, 0.25) is 0 Å². The molecular weight excluding hydrogens is 214 g/mol. The lowest BCUT2D eigenvalue weighted by Gasteiger charge is -2.05. The second kappa shape index (κ2) is 3.91. The molecule has 0 aliphatic carbocycles. The van der Waals surface area contributed by atoms with Gasteiger partial charge in [-0.3, -0.25) is 4.98 Å². The van der Waals surface area contributed by atoms with Crippen LogP contribution < -0.4 is 9.47 Å². The summed E-state index contributed by atoms with van der Waals surface area (Å²) < 4.78 is 11.1. The lowest BCUT2D eigenvalue weighted by molar-refractivity contribution is 0.227. The number of fused-ring (bicyclic) bond motifs is 3. The molecule has 2 heterocycles. The van der Waals surface area contributed by atoms with Crippen LogP contribution in [0.1, 0.15) is 18.9 Å². The van der Waals surface area contributed by atoms with E-state index in [1.807, 2.05) is 24.4 Å². The van der Waals surface area contributed by atoms with E-state index in [1.165, 1.54) is 5.56 Å². The van der Waals surface area contributed by atoms with Crippen LogP contribution in [0.2, 0.25) is 0 Å². The van der Waals surface area contributed by atoms with Crippen LogP contribution in [-0.2, 0) is 6.42 Å². The number of rotatable bonds is 2. The summed E-state index contributed by atoms with van der Waals surface area (Å²) in [6, 6.07) is 5.98. The maximum Gasteiger partial charge on any atom is 0.141 e. The fourth-order valence-electron chi connectivity index (χ4n) is 2.32. The van der Waals surface area contributed by atoms with E-state index in [2.05, 4.69) is 11.9 Å². The molecule has 0 spiro atoms. The van der Waals surface area contributed by atoms with E-state index in [0.29, 0.717) is 6.10 Å². The number of ether oxygens (including phenoxy) is 2. The monoisotopic (exact) mass is 229 g/mol. The van der Waals surface area contributed by atoms with Gasteiger partial charge in [-0.05, 0) is 24.6 Å². The van der Waals surface area contributed by atoms with E-state index in [4.69, 9.17) is 9.47 Å². The molecule has 0 amide bonds. The summed E-state index contributed by atoms with van der Waals surface area (Å²) in [7, 11) is 1.68. The van der Waals surface area contributed by atoms with Crippen molar-refractivity contribution < 1.29 is 9.47 Å². The SMILES string of the molecule is CCC1Cc2c(cnc3ccc(OC)cc23)O1. The fraction of sp³-hybridized carbons (Fsp3) is 0.357. The van der Waals surface area contributed by atoms with Crippen LogP contribution in [0.5, 0.6) is 11.5 Å². The minimum absolute atomic E-state index is 0.295. The van der Waals surface area contributed by atoms with Crippen LogP contribution in [-0.4, -0.2) is 18.2 Å². The molecule has 1 aliphatic heterocycles. The van der Waals surface area contributed by atoms with Crippen LogP contribution >= 0.6 is 0 Å². The van der Waals surface area contributed by atoms with Crippen LogP contribution in [0.15, 0.2) is 24.4 Å². The Balaban J connectivity index is 2.18. The molecule has 0 N–H and O–H groups in total. The third-order valence-corrected chi connectivity index (χ3v) is 3.33. The lowest BCUT2D eigenvalue weighted by Crippen LogP contribution is -2.10. The first-order valence-corrected chi connectivity index (χ1v) is 5.94. The Labute approximate surface area is 100 Å². The number of methoxy groups -OCH3 is 1. The van der Waals surface area contributed by atoms with Crippen molar-refractivity contribution in [2.24, 2.45) is 0 Å². The number of aromatic nitrogens is 1. The van der Waals surface area contributed by atoms with Gasteiger partial charge in [0, 0.05) is 17.4 Å². The summed E-state index contributed by atoms with van der Waals surface area (Å²) in [4.78, 5) is 4.42. The number of pyridine rings is 1. The molecule has 2 aromatic rings. The van der Waals surface area contributed by atoms with Gasteiger partial charge in [0.1, 0.15) is 17.6 Å². The molecule has 3 rings (SSSR count). The molecule has 1 atom stereocenters. The van der Waals surface area contributed by atoms with E-state index in [1.54, 1.807) is 7.11 Å². The highest BCUT2D eigenvalue weighted by atomic mass is 16.5. The molecule has 17 heavy (non-hydrogen) atoms. The average molecular weight is 229 g/mol. The Bertz CT molecular complexity index is 565. The summed E-state index contributed by atoms with van der Waals surface area (Å²) >= 11 is 0. The highest BCUT2D eigenvalue weighted by Crippen LogP contribution is 2.35. The van der Waals surface area contributed by atoms with Crippen molar-refractivity contribution in [2.75, 3.05) is 7.11 Å². The van der Waals surface area contributed by atoms with Crippen molar-refractivity contribution in [3.8, 4) is 11.5 Å². The summed E-state index contributed by atoms with van der Waals surface area (Å²) in [5.74, 6) is 1.80. The molecule has 0 radical (unpaired) electrons. The largest absolute Gasteiger partial charge is 0.497 e. The van der Waals surface area contributed by atoms with Crippen molar-refractivity contribution in [2.45, 2.75) is 25.9 Å². The fourth-order valence-corrected chi connectivity index (χ4v) is 2.32. The van der Waals surface area contributed by atoms with Gasteiger partial charge in [-0.15, -0.1) is 0 Å². The molecule has 3 nitrogen and oxygen atoms in total. The van der Waals surface area contributed by atoms with E-state index < -0.39 is 0 Å². The zero-order valence-electron chi connectivity index (χ0n) is 10.1. The Hall–Kier alpha value is -1.77. The molecule has 3 heteroatoms. The van der Waals surface area contributed by atoms with Crippen LogP contribution in [0, 0.1) is 0 Å². The molecule has 1 aromatic heterocycles. The van der Waals surface area contributed by atoms with Gasteiger partial charge in [0.25, 0.3) is 0 Å². The molecule has 0 fully saturated rings. The van der Waals surface area contributed by atoms with Gasteiger partial charge in [-0.1, -0.05) is 6.92 Å². The van der Waals surface area contributed by atoms with Crippen molar-refractivity contribution in [1.82, 2.24) is 4.98 Å². The molecule has 0 saturated heterocycles. The van der Waals surface area contributed by atoms with Gasteiger partial charge in [0.05, 0.1) is 18.8 Å². The van der Waals surface area contributed by atoms with Crippen LogP contribution in [0.4, 0.5) is 0 Å². The third kappa shape index (κ3) is 1.62. The molecule has 88 valence electrons. The predicted octanol–water partition coefficient (Wildman–Crippen LogP) is 2.96. The minimum Gasteiger partial charge on any atom is -0.497 e. The van der Waals surface area contributed by atoms with Gasteiger partial charge < -0.3 is 9.47 Å². The number of benzene rings is 1. The summed E-state index contributed by atoms with van der Waals surface area (Å²) in [6.45, 7) is 2.15. The van der Waals surface area contributed by atoms with Gasteiger partial charge in [-0.25, -0.2) is 0 Å². The van der Waals surface area contributed by atoms with Crippen molar-refractivity contribution in [1.29, 1.82) is 0 Å². The topological polar surface area (TPSA) is 31.4 Å². The normalized spacial score (nSPS) is 17.9. The Morgan fingerprint density at radius 1 is 1.47 bits per heavy atom. The first kappa shape index (κ1) is 10.4. The molecule has 0 saturated carbocycles. The summed E-state index contributed by atoms with van der Waals surface area (Å²) in [5.41, 5.74) is 2.27. The van der Waals surface area contributed by atoms with Crippen molar-refractivity contribution in [3.63, 3.8) is 0 Å². The second-order valence-electron chi connectivity index (χ2n) is 4.34. The lowest BCUT2D eigenvalue weighted by atomic mass is 10.0. The third-order valence-electron chi connectivity index (χ3n) is 3.33.